The second-order valence-corrected chi connectivity index (χ2v) is 8.14. The summed E-state index contributed by atoms with van der Waals surface area (Å²) in [4.78, 5) is 13.8. The van der Waals surface area contributed by atoms with Gasteiger partial charge in [0.2, 0.25) is 15.9 Å². The number of para-hydroxylation sites is 1. The van der Waals surface area contributed by atoms with Crippen LogP contribution in [-0.4, -0.2) is 32.6 Å². The Balaban J connectivity index is 2.17. The quantitative estimate of drug-likeness (QED) is 0.798. The highest BCUT2D eigenvalue weighted by Crippen LogP contribution is 2.27. The third kappa shape index (κ3) is 4.31. The summed E-state index contributed by atoms with van der Waals surface area (Å²) in [7, 11) is -3.75. The summed E-state index contributed by atoms with van der Waals surface area (Å²) in [5.74, 6) is 0.338. The predicted octanol–water partition coefficient (Wildman–Crippen LogP) is 2.75. The number of aryl methyl sites for hydroxylation is 2. The summed E-state index contributed by atoms with van der Waals surface area (Å²) < 4.78 is 32.4. The molecular formula is C18H25N3O4S. The van der Waals surface area contributed by atoms with Gasteiger partial charge in [-0.1, -0.05) is 37.2 Å². The van der Waals surface area contributed by atoms with Gasteiger partial charge in [-0.15, -0.1) is 0 Å². The molecule has 7 nitrogen and oxygen atoms in total. The summed E-state index contributed by atoms with van der Waals surface area (Å²) >= 11 is 0. The number of carbonyl (C=O) groups excluding carboxylic acids is 1. The fourth-order valence-corrected chi connectivity index (χ4v) is 4.24. The maximum atomic E-state index is 12.5. The van der Waals surface area contributed by atoms with Crippen molar-refractivity contribution in [2.24, 2.45) is 0 Å². The largest absolute Gasteiger partial charge is 0.360 e. The van der Waals surface area contributed by atoms with E-state index >= 15 is 0 Å². The molecule has 1 N–H and O–H groups in total. The minimum Gasteiger partial charge on any atom is -0.360 e. The number of nitrogens with zero attached hydrogens (tertiary/aromatic N) is 2. The van der Waals surface area contributed by atoms with Crippen LogP contribution in [0.15, 0.2) is 33.7 Å². The van der Waals surface area contributed by atoms with Crippen molar-refractivity contribution < 1.29 is 17.7 Å². The van der Waals surface area contributed by atoms with Crippen LogP contribution in [0.3, 0.4) is 0 Å². The number of aromatic nitrogens is 1. The molecule has 0 saturated carbocycles. The van der Waals surface area contributed by atoms with Crippen LogP contribution < -0.4 is 9.62 Å². The maximum absolute atomic E-state index is 12.5. The smallest absolute Gasteiger partial charge is 0.246 e. The van der Waals surface area contributed by atoms with Crippen molar-refractivity contribution in [3.05, 3.63) is 41.3 Å². The Morgan fingerprint density at radius 1 is 1.27 bits per heavy atom. The Kier molecular flexibility index (Phi) is 6.20. The number of anilines is 1. The van der Waals surface area contributed by atoms with E-state index in [4.69, 9.17) is 4.52 Å². The van der Waals surface area contributed by atoms with Crippen molar-refractivity contribution in [1.29, 1.82) is 0 Å². The molecule has 2 rings (SSSR count). The third-order valence-electron chi connectivity index (χ3n) is 4.09. The predicted molar refractivity (Wildman–Crippen MR) is 99.7 cm³/mol. The monoisotopic (exact) mass is 379 g/mol. The van der Waals surface area contributed by atoms with E-state index in [9.17, 15) is 13.2 Å². The molecule has 0 spiro atoms. The van der Waals surface area contributed by atoms with E-state index in [-0.39, 0.29) is 35.6 Å². The van der Waals surface area contributed by atoms with E-state index < -0.39 is 10.0 Å². The van der Waals surface area contributed by atoms with Crippen molar-refractivity contribution in [1.82, 2.24) is 9.88 Å². The number of benzene rings is 1. The van der Waals surface area contributed by atoms with Crippen LogP contribution in [0.2, 0.25) is 0 Å². The van der Waals surface area contributed by atoms with Crippen LogP contribution in [0.5, 0.6) is 0 Å². The Labute approximate surface area is 154 Å². The van der Waals surface area contributed by atoms with E-state index in [0.717, 1.165) is 11.3 Å². The van der Waals surface area contributed by atoms with E-state index in [0.29, 0.717) is 5.69 Å². The van der Waals surface area contributed by atoms with Crippen LogP contribution in [-0.2, 0) is 14.8 Å². The summed E-state index contributed by atoms with van der Waals surface area (Å²) in [5.41, 5.74) is 2.14. The molecule has 0 fully saturated rings. The van der Waals surface area contributed by atoms with Crippen molar-refractivity contribution in [3.8, 4) is 0 Å². The van der Waals surface area contributed by atoms with Crippen LogP contribution in [0.1, 0.15) is 43.7 Å². The van der Waals surface area contributed by atoms with E-state index in [1.54, 1.807) is 18.7 Å². The number of sulfonamides is 1. The third-order valence-corrected chi connectivity index (χ3v) is 5.80. The molecule has 1 aromatic heterocycles. The van der Waals surface area contributed by atoms with Gasteiger partial charge in [-0.25, -0.2) is 13.1 Å². The average Bonchev–Trinajstić information content (AvgIpc) is 2.90. The highest BCUT2D eigenvalue weighted by atomic mass is 32.2. The van der Waals surface area contributed by atoms with Gasteiger partial charge in [-0.3, -0.25) is 4.79 Å². The summed E-state index contributed by atoms with van der Waals surface area (Å²) in [6.45, 7) is 9.01. The van der Waals surface area contributed by atoms with Crippen molar-refractivity contribution >= 4 is 21.6 Å². The van der Waals surface area contributed by atoms with E-state index in [1.165, 1.54) is 6.92 Å². The van der Waals surface area contributed by atoms with Crippen molar-refractivity contribution in [2.45, 2.75) is 45.4 Å². The number of rotatable bonds is 7. The Bertz CT molecular complexity index is 868. The van der Waals surface area contributed by atoms with Gasteiger partial charge in [0.1, 0.15) is 10.6 Å². The molecular weight excluding hydrogens is 354 g/mol. The molecule has 0 unspecified atom stereocenters. The van der Waals surface area contributed by atoms with E-state index in [1.807, 2.05) is 24.3 Å². The first-order valence-electron chi connectivity index (χ1n) is 8.44. The summed E-state index contributed by atoms with van der Waals surface area (Å²) in [5, 5.41) is 3.67. The molecule has 1 heterocycles. The van der Waals surface area contributed by atoms with Crippen LogP contribution >= 0.6 is 0 Å². The first kappa shape index (κ1) is 20.1. The standard InChI is InChI=1S/C18H25N3O4S/c1-12(2)16-8-6-7-9-17(16)21(15(5)22)11-10-19-26(23,24)18-13(3)20-25-14(18)4/h6-9,12,19H,10-11H2,1-5H3. The highest BCUT2D eigenvalue weighted by Gasteiger charge is 2.24. The second-order valence-electron chi connectivity index (χ2n) is 6.44. The fourth-order valence-electron chi connectivity index (χ4n) is 2.89. The number of carbonyl (C=O) groups is 1. The summed E-state index contributed by atoms with van der Waals surface area (Å²) in [6.07, 6.45) is 0. The molecule has 1 aromatic carbocycles. The average molecular weight is 379 g/mol. The minimum absolute atomic E-state index is 0.0504. The first-order chi connectivity index (χ1) is 12.1. The lowest BCUT2D eigenvalue weighted by atomic mass is 10.0. The van der Waals surface area contributed by atoms with Gasteiger partial charge in [-0.2, -0.15) is 0 Å². The van der Waals surface area contributed by atoms with Gasteiger partial charge in [0.25, 0.3) is 0 Å². The molecule has 26 heavy (non-hydrogen) atoms. The SMILES string of the molecule is CC(=O)N(CCNS(=O)(=O)c1c(C)noc1C)c1ccccc1C(C)C. The number of hydrogen-bond donors (Lipinski definition) is 1. The van der Waals surface area contributed by atoms with Gasteiger partial charge in [0, 0.05) is 25.7 Å². The van der Waals surface area contributed by atoms with Crippen LogP contribution in [0.25, 0.3) is 0 Å². The van der Waals surface area contributed by atoms with E-state index in [2.05, 4.69) is 23.7 Å². The van der Waals surface area contributed by atoms with Crippen molar-refractivity contribution in [2.75, 3.05) is 18.0 Å². The Hall–Kier alpha value is -2.19. The molecule has 0 radical (unpaired) electrons. The zero-order chi connectivity index (χ0) is 19.5. The van der Waals surface area contributed by atoms with Gasteiger partial charge in [0.05, 0.1) is 0 Å². The molecule has 0 aliphatic heterocycles. The molecule has 142 valence electrons. The molecule has 8 heteroatoms. The Morgan fingerprint density at radius 2 is 1.92 bits per heavy atom. The fraction of sp³-hybridized carbons (Fsp3) is 0.444. The normalized spacial score (nSPS) is 11.8. The molecule has 2 aromatic rings. The zero-order valence-electron chi connectivity index (χ0n) is 15.7. The van der Waals surface area contributed by atoms with Gasteiger partial charge in [0.15, 0.2) is 5.76 Å². The van der Waals surface area contributed by atoms with Crippen LogP contribution in [0.4, 0.5) is 5.69 Å². The summed E-state index contributed by atoms with van der Waals surface area (Å²) in [6, 6.07) is 7.64. The zero-order valence-corrected chi connectivity index (χ0v) is 16.6. The van der Waals surface area contributed by atoms with Crippen LogP contribution in [0, 0.1) is 13.8 Å². The lowest BCUT2D eigenvalue weighted by Gasteiger charge is -2.25. The van der Waals surface area contributed by atoms with Crippen molar-refractivity contribution in [3.63, 3.8) is 0 Å². The molecule has 0 aliphatic carbocycles. The Morgan fingerprint density at radius 3 is 2.46 bits per heavy atom. The highest BCUT2D eigenvalue weighted by molar-refractivity contribution is 7.89. The first-order valence-corrected chi connectivity index (χ1v) is 9.93. The minimum atomic E-state index is -3.75. The molecule has 0 saturated heterocycles. The lowest BCUT2D eigenvalue weighted by molar-refractivity contribution is -0.116. The molecule has 1 amide bonds. The lowest BCUT2D eigenvalue weighted by Crippen LogP contribution is -2.38. The number of amides is 1. The van der Waals surface area contributed by atoms with Gasteiger partial charge in [-0.05, 0) is 31.4 Å². The number of hydrogen-bond acceptors (Lipinski definition) is 5. The number of nitrogens with one attached hydrogen (secondary N) is 1. The molecule has 0 bridgehead atoms. The molecule has 0 atom stereocenters. The second kappa shape index (κ2) is 8.01. The maximum Gasteiger partial charge on any atom is 0.246 e. The van der Waals surface area contributed by atoms with Gasteiger partial charge >= 0.3 is 0 Å². The topological polar surface area (TPSA) is 92.5 Å². The van der Waals surface area contributed by atoms with Gasteiger partial charge < -0.3 is 9.42 Å². The molecule has 0 aliphatic rings.